The normalized spacial score (nSPS) is 21.9. The molecule has 0 spiro atoms. The maximum absolute atomic E-state index is 12.9. The standard InChI is InChI=1S/C23H32N4O/c1-26-13-14-27(22(28)9-8-18-5-2-3-6-18)17-19(16-26)15-20-10-12-24-21-7-4-11-25-23(20)21/h4,7,10-12,18-19H,2-3,5-6,8-9,13-17H2,1H3/t19-/m0/s1. The topological polar surface area (TPSA) is 49.3 Å². The van der Waals surface area contributed by atoms with Crippen molar-refractivity contribution in [3.63, 3.8) is 0 Å². The zero-order valence-corrected chi connectivity index (χ0v) is 17.0. The number of fused-ring (bicyclic) bond motifs is 1. The fourth-order valence-corrected chi connectivity index (χ4v) is 4.94. The van der Waals surface area contributed by atoms with Crippen LogP contribution < -0.4 is 0 Å². The molecular formula is C23H32N4O. The Bertz CT molecular complexity index is 797. The molecule has 0 bridgehead atoms. The number of carbonyl (C=O) groups is 1. The van der Waals surface area contributed by atoms with E-state index in [1.807, 2.05) is 24.5 Å². The average Bonchev–Trinajstić information content (AvgIpc) is 3.16. The highest BCUT2D eigenvalue weighted by Crippen LogP contribution is 2.29. The van der Waals surface area contributed by atoms with E-state index in [2.05, 4.69) is 32.9 Å². The molecule has 2 aromatic rings. The van der Waals surface area contributed by atoms with Gasteiger partial charge in [-0.15, -0.1) is 0 Å². The van der Waals surface area contributed by atoms with Crippen LogP contribution in [0.2, 0.25) is 0 Å². The zero-order valence-electron chi connectivity index (χ0n) is 17.0. The molecule has 28 heavy (non-hydrogen) atoms. The minimum atomic E-state index is 0.352. The van der Waals surface area contributed by atoms with E-state index in [9.17, 15) is 4.79 Å². The first-order chi connectivity index (χ1) is 13.7. The van der Waals surface area contributed by atoms with Gasteiger partial charge in [-0.3, -0.25) is 14.8 Å². The summed E-state index contributed by atoms with van der Waals surface area (Å²) in [4.78, 5) is 26.4. The molecule has 0 aromatic carbocycles. The summed E-state index contributed by atoms with van der Waals surface area (Å²) < 4.78 is 0. The third-order valence-electron chi connectivity index (χ3n) is 6.48. The number of hydrogen-bond donors (Lipinski definition) is 0. The summed E-state index contributed by atoms with van der Waals surface area (Å²) in [6.45, 7) is 3.68. The van der Waals surface area contributed by atoms with Gasteiger partial charge in [0.15, 0.2) is 0 Å². The Balaban J connectivity index is 1.43. The first-order valence-electron chi connectivity index (χ1n) is 10.8. The van der Waals surface area contributed by atoms with Crippen LogP contribution in [-0.4, -0.2) is 58.9 Å². The lowest BCUT2D eigenvalue weighted by Gasteiger charge is -2.25. The predicted octanol–water partition coefficient (Wildman–Crippen LogP) is 3.53. The van der Waals surface area contributed by atoms with Gasteiger partial charge < -0.3 is 9.80 Å². The van der Waals surface area contributed by atoms with Gasteiger partial charge in [-0.05, 0) is 55.5 Å². The SMILES string of the molecule is CN1CCN(C(=O)CCC2CCCC2)C[C@@H](Cc2ccnc3cccnc23)C1. The molecule has 1 saturated carbocycles. The van der Waals surface area contributed by atoms with Crippen molar-refractivity contribution >= 4 is 16.9 Å². The van der Waals surface area contributed by atoms with E-state index in [-0.39, 0.29) is 0 Å². The van der Waals surface area contributed by atoms with Crippen molar-refractivity contribution in [3.05, 3.63) is 36.2 Å². The Morgan fingerprint density at radius 1 is 1.07 bits per heavy atom. The minimum absolute atomic E-state index is 0.352. The van der Waals surface area contributed by atoms with Crippen molar-refractivity contribution in [2.24, 2.45) is 11.8 Å². The Kier molecular flexibility index (Phi) is 6.20. The predicted molar refractivity (Wildman–Crippen MR) is 112 cm³/mol. The Labute approximate surface area is 168 Å². The number of hydrogen-bond acceptors (Lipinski definition) is 4. The summed E-state index contributed by atoms with van der Waals surface area (Å²) in [6.07, 6.45) is 11.8. The van der Waals surface area contributed by atoms with E-state index in [1.165, 1.54) is 31.2 Å². The van der Waals surface area contributed by atoms with Gasteiger partial charge >= 0.3 is 0 Å². The summed E-state index contributed by atoms with van der Waals surface area (Å²) >= 11 is 0. The van der Waals surface area contributed by atoms with Crippen LogP contribution in [0.3, 0.4) is 0 Å². The van der Waals surface area contributed by atoms with Crippen molar-refractivity contribution in [3.8, 4) is 0 Å². The molecule has 0 radical (unpaired) electrons. The summed E-state index contributed by atoms with van der Waals surface area (Å²) in [5.41, 5.74) is 3.19. The number of aromatic nitrogens is 2. The number of carbonyl (C=O) groups excluding carboxylic acids is 1. The second kappa shape index (κ2) is 8.99. The maximum Gasteiger partial charge on any atom is 0.222 e. The van der Waals surface area contributed by atoms with Gasteiger partial charge in [-0.1, -0.05) is 25.7 Å². The number of nitrogens with zero attached hydrogens (tertiary/aromatic N) is 4. The van der Waals surface area contributed by atoms with Gasteiger partial charge in [-0.2, -0.15) is 0 Å². The second-order valence-electron chi connectivity index (χ2n) is 8.70. The molecule has 2 fully saturated rings. The Hall–Kier alpha value is -2.01. The van der Waals surface area contributed by atoms with Crippen LogP contribution in [0.25, 0.3) is 11.0 Å². The minimum Gasteiger partial charge on any atom is -0.341 e. The largest absolute Gasteiger partial charge is 0.341 e. The Morgan fingerprint density at radius 2 is 1.93 bits per heavy atom. The highest BCUT2D eigenvalue weighted by molar-refractivity contribution is 5.77. The Morgan fingerprint density at radius 3 is 2.79 bits per heavy atom. The number of likely N-dealkylation sites (N-methyl/N-ethyl adjacent to an activating group) is 1. The van der Waals surface area contributed by atoms with Crippen molar-refractivity contribution < 1.29 is 4.79 Å². The van der Waals surface area contributed by atoms with E-state index < -0.39 is 0 Å². The lowest BCUT2D eigenvalue weighted by Crippen LogP contribution is -2.36. The quantitative estimate of drug-likeness (QED) is 0.796. The third-order valence-corrected chi connectivity index (χ3v) is 6.48. The molecule has 1 atom stereocenters. The molecule has 1 amide bonds. The third kappa shape index (κ3) is 4.69. The van der Waals surface area contributed by atoms with Gasteiger partial charge in [0.05, 0.1) is 11.0 Å². The van der Waals surface area contributed by atoms with E-state index in [1.54, 1.807) is 0 Å². The molecule has 0 unspecified atom stereocenters. The summed E-state index contributed by atoms with van der Waals surface area (Å²) in [6, 6.07) is 6.04. The van der Waals surface area contributed by atoms with Crippen LogP contribution in [0.1, 0.15) is 44.1 Å². The molecule has 1 aliphatic carbocycles. The van der Waals surface area contributed by atoms with E-state index in [4.69, 9.17) is 0 Å². The van der Waals surface area contributed by atoms with Crippen molar-refractivity contribution in [1.82, 2.24) is 19.8 Å². The van der Waals surface area contributed by atoms with E-state index in [0.29, 0.717) is 11.8 Å². The fourth-order valence-electron chi connectivity index (χ4n) is 4.94. The molecule has 150 valence electrons. The average molecular weight is 381 g/mol. The van der Waals surface area contributed by atoms with E-state index in [0.717, 1.165) is 62.4 Å². The fraction of sp³-hybridized carbons (Fsp3) is 0.609. The summed E-state index contributed by atoms with van der Waals surface area (Å²) in [7, 11) is 2.17. The molecule has 5 nitrogen and oxygen atoms in total. The van der Waals surface area contributed by atoms with Crippen molar-refractivity contribution in [2.75, 3.05) is 33.2 Å². The summed E-state index contributed by atoms with van der Waals surface area (Å²) in [5.74, 6) is 1.56. The lowest BCUT2D eigenvalue weighted by molar-refractivity contribution is -0.131. The lowest BCUT2D eigenvalue weighted by atomic mass is 9.97. The molecule has 0 N–H and O–H groups in total. The maximum atomic E-state index is 12.9. The molecule has 1 aliphatic heterocycles. The molecule has 1 saturated heterocycles. The van der Waals surface area contributed by atoms with Gasteiger partial charge in [0.25, 0.3) is 0 Å². The number of pyridine rings is 2. The first kappa shape index (κ1) is 19.3. The second-order valence-corrected chi connectivity index (χ2v) is 8.70. The van der Waals surface area contributed by atoms with Gasteiger partial charge in [-0.25, -0.2) is 0 Å². The zero-order chi connectivity index (χ0) is 19.3. The van der Waals surface area contributed by atoms with Crippen LogP contribution in [0.4, 0.5) is 0 Å². The van der Waals surface area contributed by atoms with Gasteiger partial charge in [0.2, 0.25) is 5.91 Å². The molecule has 2 aliphatic rings. The van der Waals surface area contributed by atoms with Crippen LogP contribution in [0.15, 0.2) is 30.6 Å². The monoisotopic (exact) mass is 380 g/mol. The molecular weight excluding hydrogens is 348 g/mol. The molecule has 3 heterocycles. The van der Waals surface area contributed by atoms with Gasteiger partial charge in [0.1, 0.15) is 0 Å². The molecule has 2 aromatic heterocycles. The molecule has 4 rings (SSSR count). The van der Waals surface area contributed by atoms with Crippen LogP contribution in [0.5, 0.6) is 0 Å². The highest BCUT2D eigenvalue weighted by atomic mass is 16.2. The van der Waals surface area contributed by atoms with Gasteiger partial charge in [0, 0.05) is 45.0 Å². The van der Waals surface area contributed by atoms with Crippen LogP contribution in [0, 0.1) is 11.8 Å². The molecule has 5 heteroatoms. The van der Waals surface area contributed by atoms with E-state index >= 15 is 0 Å². The number of rotatable bonds is 5. The number of amides is 1. The van der Waals surface area contributed by atoms with Crippen molar-refractivity contribution in [2.45, 2.75) is 44.9 Å². The van der Waals surface area contributed by atoms with Crippen LogP contribution >= 0.6 is 0 Å². The van der Waals surface area contributed by atoms with Crippen molar-refractivity contribution in [1.29, 1.82) is 0 Å². The first-order valence-corrected chi connectivity index (χ1v) is 10.8. The highest BCUT2D eigenvalue weighted by Gasteiger charge is 2.26. The smallest absolute Gasteiger partial charge is 0.222 e. The van der Waals surface area contributed by atoms with Crippen LogP contribution in [-0.2, 0) is 11.2 Å². The summed E-state index contributed by atoms with van der Waals surface area (Å²) in [5, 5.41) is 0.